The van der Waals surface area contributed by atoms with Crippen LogP contribution < -0.4 is 14.8 Å². The summed E-state index contributed by atoms with van der Waals surface area (Å²) in [4.78, 5) is 12.5. The molecule has 0 unspecified atom stereocenters. The third-order valence-electron chi connectivity index (χ3n) is 4.79. The summed E-state index contributed by atoms with van der Waals surface area (Å²) in [6.45, 7) is 2.01. The van der Waals surface area contributed by atoms with E-state index in [2.05, 4.69) is 5.32 Å². The molecule has 0 spiro atoms. The number of rotatable bonds is 6. The van der Waals surface area contributed by atoms with E-state index in [-0.39, 0.29) is 19.1 Å². The minimum absolute atomic E-state index is 0.189. The van der Waals surface area contributed by atoms with E-state index in [1.807, 2.05) is 12.1 Å². The number of methoxy groups -OCH3 is 2. The maximum atomic E-state index is 12.5. The van der Waals surface area contributed by atoms with E-state index in [9.17, 15) is 9.90 Å². The second kappa shape index (κ2) is 7.66. The molecule has 1 heterocycles. The van der Waals surface area contributed by atoms with Gasteiger partial charge in [-0.25, -0.2) is 4.79 Å². The van der Waals surface area contributed by atoms with Crippen LogP contribution in [0.15, 0.2) is 36.4 Å². The number of ether oxygens (including phenoxy) is 3. The van der Waals surface area contributed by atoms with Crippen LogP contribution in [0.2, 0.25) is 5.02 Å². The molecule has 0 radical (unpaired) electrons. The molecule has 0 aliphatic carbocycles. The molecule has 144 valence electrons. The molecule has 0 bridgehead atoms. The van der Waals surface area contributed by atoms with E-state index in [0.717, 1.165) is 5.56 Å². The van der Waals surface area contributed by atoms with Crippen molar-refractivity contribution in [3.63, 3.8) is 0 Å². The molecule has 7 heteroatoms. The van der Waals surface area contributed by atoms with E-state index < -0.39 is 11.6 Å². The third-order valence-corrected chi connectivity index (χ3v) is 5.04. The first-order valence-electron chi connectivity index (χ1n) is 8.61. The van der Waals surface area contributed by atoms with E-state index in [1.54, 1.807) is 38.3 Å². The smallest absolute Gasteiger partial charge is 0.341 e. The molecule has 6 nitrogen and oxygen atoms in total. The van der Waals surface area contributed by atoms with Crippen molar-refractivity contribution < 1.29 is 24.1 Å². The number of halogens is 1. The van der Waals surface area contributed by atoms with Gasteiger partial charge < -0.3 is 24.6 Å². The highest BCUT2D eigenvalue weighted by Crippen LogP contribution is 2.52. The van der Waals surface area contributed by atoms with E-state index in [1.165, 1.54) is 7.11 Å². The first-order valence-corrected chi connectivity index (χ1v) is 8.99. The third kappa shape index (κ3) is 3.31. The van der Waals surface area contributed by atoms with Crippen LogP contribution in [0, 0.1) is 0 Å². The van der Waals surface area contributed by atoms with Crippen molar-refractivity contribution in [3.05, 3.63) is 52.5 Å². The standard InChI is InChI=1S/C20H22ClNO5/c1-4-27-20(19(23)24)11-14(12-5-7-13(21)8-6-12)22-18-16(26-3)10-9-15(25-2)17(18)20/h5-10,14,22H,4,11H2,1-3H3,(H,23,24)/t14-,20+/m1/s1. The largest absolute Gasteiger partial charge is 0.496 e. The molecule has 0 aromatic heterocycles. The lowest BCUT2D eigenvalue weighted by atomic mass is 9.79. The summed E-state index contributed by atoms with van der Waals surface area (Å²) in [5.41, 5.74) is 0.322. The number of hydrogen-bond acceptors (Lipinski definition) is 5. The quantitative estimate of drug-likeness (QED) is 0.767. The molecule has 2 N–H and O–H groups in total. The van der Waals surface area contributed by atoms with Crippen LogP contribution in [-0.4, -0.2) is 31.9 Å². The Kier molecular flexibility index (Phi) is 5.48. The molecule has 2 aromatic rings. The first-order chi connectivity index (χ1) is 13.0. The number of nitrogens with one attached hydrogen (secondary N) is 1. The Labute approximate surface area is 163 Å². The predicted molar refractivity (Wildman–Crippen MR) is 103 cm³/mol. The van der Waals surface area contributed by atoms with Gasteiger partial charge in [0.1, 0.15) is 11.5 Å². The molecule has 2 aromatic carbocycles. The average Bonchev–Trinajstić information content (AvgIpc) is 2.67. The maximum Gasteiger partial charge on any atom is 0.341 e. The van der Waals surface area contributed by atoms with Crippen LogP contribution >= 0.6 is 11.6 Å². The number of carboxylic acids is 1. The fourth-order valence-corrected chi connectivity index (χ4v) is 3.72. The van der Waals surface area contributed by atoms with Crippen LogP contribution in [0.5, 0.6) is 11.5 Å². The van der Waals surface area contributed by atoms with Crippen molar-refractivity contribution in [1.82, 2.24) is 0 Å². The highest BCUT2D eigenvalue weighted by molar-refractivity contribution is 6.30. The lowest BCUT2D eigenvalue weighted by Gasteiger charge is -2.41. The van der Waals surface area contributed by atoms with Gasteiger partial charge in [-0.3, -0.25) is 0 Å². The summed E-state index contributed by atoms with van der Waals surface area (Å²) in [5.74, 6) is -0.115. The summed E-state index contributed by atoms with van der Waals surface area (Å²) < 4.78 is 16.8. The normalized spacial score (nSPS) is 21.1. The fourth-order valence-electron chi connectivity index (χ4n) is 3.59. The van der Waals surface area contributed by atoms with Crippen molar-refractivity contribution in [2.24, 2.45) is 0 Å². The van der Waals surface area contributed by atoms with Crippen molar-refractivity contribution >= 4 is 23.3 Å². The minimum Gasteiger partial charge on any atom is -0.496 e. The first kappa shape index (κ1) is 19.3. The summed E-state index contributed by atoms with van der Waals surface area (Å²) in [5, 5.41) is 14.2. The van der Waals surface area contributed by atoms with Crippen molar-refractivity contribution in [1.29, 1.82) is 0 Å². The number of anilines is 1. The van der Waals surface area contributed by atoms with Crippen LogP contribution in [0.4, 0.5) is 5.69 Å². The topological polar surface area (TPSA) is 77.0 Å². The molecular formula is C20H22ClNO5. The maximum absolute atomic E-state index is 12.5. The molecule has 0 amide bonds. The predicted octanol–water partition coefficient (Wildman–Crippen LogP) is 4.23. The highest BCUT2D eigenvalue weighted by atomic mass is 35.5. The molecule has 0 saturated carbocycles. The number of carboxylic acid groups (broad SMARTS) is 1. The molecule has 1 aliphatic rings. The second-order valence-electron chi connectivity index (χ2n) is 6.24. The van der Waals surface area contributed by atoms with Gasteiger partial charge >= 0.3 is 5.97 Å². The zero-order valence-corrected chi connectivity index (χ0v) is 16.2. The van der Waals surface area contributed by atoms with Gasteiger partial charge in [-0.2, -0.15) is 0 Å². The van der Waals surface area contributed by atoms with E-state index in [0.29, 0.717) is 27.8 Å². The number of carbonyl (C=O) groups is 1. The molecule has 27 heavy (non-hydrogen) atoms. The Bertz CT molecular complexity index is 839. The Morgan fingerprint density at radius 2 is 1.81 bits per heavy atom. The summed E-state index contributed by atoms with van der Waals surface area (Å²) in [7, 11) is 3.05. The lowest BCUT2D eigenvalue weighted by molar-refractivity contribution is -0.169. The molecular weight excluding hydrogens is 370 g/mol. The van der Waals surface area contributed by atoms with Gasteiger partial charge in [0.2, 0.25) is 0 Å². The van der Waals surface area contributed by atoms with Gasteiger partial charge in [-0.15, -0.1) is 0 Å². The number of aliphatic carboxylic acids is 1. The van der Waals surface area contributed by atoms with Crippen LogP contribution in [0.25, 0.3) is 0 Å². The van der Waals surface area contributed by atoms with Gasteiger partial charge in [-0.1, -0.05) is 23.7 Å². The fraction of sp³-hybridized carbons (Fsp3) is 0.350. The zero-order valence-electron chi connectivity index (χ0n) is 15.4. The SMILES string of the molecule is CCO[C@@]1(C(=O)O)C[C@H](c2ccc(Cl)cc2)Nc2c(OC)ccc(OC)c21. The van der Waals surface area contributed by atoms with Gasteiger partial charge in [0, 0.05) is 18.1 Å². The molecule has 1 aliphatic heterocycles. The number of hydrogen-bond donors (Lipinski definition) is 2. The summed E-state index contributed by atoms with van der Waals surface area (Å²) in [6.07, 6.45) is 0.189. The molecule has 0 saturated heterocycles. The van der Waals surface area contributed by atoms with E-state index >= 15 is 0 Å². The van der Waals surface area contributed by atoms with Gasteiger partial charge in [0.15, 0.2) is 5.60 Å². The molecule has 3 rings (SSSR count). The minimum atomic E-state index is -1.57. The Morgan fingerprint density at radius 3 is 2.37 bits per heavy atom. The second-order valence-corrected chi connectivity index (χ2v) is 6.67. The Balaban J connectivity index is 2.24. The molecule has 0 fully saturated rings. The van der Waals surface area contributed by atoms with Crippen LogP contribution in [0.3, 0.4) is 0 Å². The van der Waals surface area contributed by atoms with Crippen molar-refractivity contribution in [3.8, 4) is 11.5 Å². The van der Waals surface area contributed by atoms with Gasteiger partial charge in [0.25, 0.3) is 0 Å². The van der Waals surface area contributed by atoms with Crippen molar-refractivity contribution in [2.45, 2.75) is 25.0 Å². The Hall–Kier alpha value is -2.44. The lowest BCUT2D eigenvalue weighted by Crippen LogP contribution is -2.45. The van der Waals surface area contributed by atoms with Gasteiger partial charge in [0.05, 0.1) is 31.5 Å². The Morgan fingerprint density at radius 1 is 1.19 bits per heavy atom. The highest BCUT2D eigenvalue weighted by Gasteiger charge is 2.51. The molecule has 2 atom stereocenters. The van der Waals surface area contributed by atoms with E-state index in [4.69, 9.17) is 25.8 Å². The van der Waals surface area contributed by atoms with Gasteiger partial charge in [-0.05, 0) is 36.8 Å². The zero-order chi connectivity index (χ0) is 19.6. The summed E-state index contributed by atoms with van der Waals surface area (Å²) in [6, 6.07) is 10.4. The van der Waals surface area contributed by atoms with Crippen LogP contribution in [-0.2, 0) is 15.1 Å². The number of fused-ring (bicyclic) bond motifs is 1. The summed E-state index contributed by atoms with van der Waals surface area (Å²) >= 11 is 6.00. The average molecular weight is 392 g/mol. The van der Waals surface area contributed by atoms with Crippen molar-refractivity contribution in [2.75, 3.05) is 26.1 Å². The van der Waals surface area contributed by atoms with Crippen LogP contribution in [0.1, 0.15) is 30.5 Å². The monoisotopic (exact) mass is 391 g/mol. The number of benzene rings is 2.